The van der Waals surface area contributed by atoms with Gasteiger partial charge in [-0.25, -0.2) is 4.98 Å². The third-order valence-corrected chi connectivity index (χ3v) is 5.54. The normalized spacial score (nSPS) is 17.4. The smallest absolute Gasteiger partial charge is 0.263 e. The number of aliphatic hydroxyl groups excluding tert-OH is 1. The van der Waals surface area contributed by atoms with Crippen molar-refractivity contribution in [1.82, 2.24) is 10.3 Å². The van der Waals surface area contributed by atoms with E-state index >= 15 is 0 Å². The lowest BCUT2D eigenvalue weighted by Gasteiger charge is -2.23. The first-order valence-electron chi connectivity index (χ1n) is 8.52. The van der Waals surface area contributed by atoms with Crippen LogP contribution in [-0.2, 0) is 4.74 Å². The van der Waals surface area contributed by atoms with Gasteiger partial charge in [0.15, 0.2) is 0 Å². The van der Waals surface area contributed by atoms with E-state index in [0.717, 1.165) is 23.5 Å². The van der Waals surface area contributed by atoms with Gasteiger partial charge in [0.05, 0.1) is 29.5 Å². The van der Waals surface area contributed by atoms with Crippen molar-refractivity contribution in [3.05, 3.63) is 15.6 Å². The molecule has 0 aromatic carbocycles. The second-order valence-electron chi connectivity index (χ2n) is 6.58. The summed E-state index contributed by atoms with van der Waals surface area (Å²) in [5.74, 6) is 0.151. The van der Waals surface area contributed by atoms with E-state index in [1.165, 1.54) is 30.6 Å². The third kappa shape index (κ3) is 5.55. The summed E-state index contributed by atoms with van der Waals surface area (Å²) in [6.07, 6.45) is 5.46. The molecule has 23 heavy (non-hydrogen) atoms. The number of aliphatic hydroxyl groups is 1. The average molecular weight is 340 g/mol. The summed E-state index contributed by atoms with van der Waals surface area (Å²) in [6.45, 7) is 6.46. The van der Waals surface area contributed by atoms with E-state index in [1.807, 2.05) is 6.92 Å². The third-order valence-electron chi connectivity index (χ3n) is 4.09. The van der Waals surface area contributed by atoms with Crippen LogP contribution in [0.25, 0.3) is 0 Å². The van der Waals surface area contributed by atoms with E-state index in [-0.39, 0.29) is 25.2 Å². The highest BCUT2D eigenvalue weighted by molar-refractivity contribution is 7.13. The second-order valence-corrected chi connectivity index (χ2v) is 7.61. The van der Waals surface area contributed by atoms with Crippen molar-refractivity contribution >= 4 is 17.2 Å². The summed E-state index contributed by atoms with van der Waals surface area (Å²) >= 11 is 1.43. The van der Waals surface area contributed by atoms with Crippen LogP contribution in [-0.4, -0.2) is 41.4 Å². The van der Waals surface area contributed by atoms with Crippen LogP contribution >= 0.6 is 11.3 Å². The molecule has 1 aromatic heterocycles. The van der Waals surface area contributed by atoms with Crippen LogP contribution in [0.2, 0.25) is 0 Å². The highest BCUT2D eigenvalue weighted by Crippen LogP contribution is 2.24. The maximum atomic E-state index is 12.2. The molecule has 0 aliphatic heterocycles. The first-order valence-corrected chi connectivity index (χ1v) is 9.34. The summed E-state index contributed by atoms with van der Waals surface area (Å²) in [6, 6.07) is 0. The number of aryl methyl sites for hydroxylation is 1. The van der Waals surface area contributed by atoms with Crippen molar-refractivity contribution in [2.24, 2.45) is 0 Å². The summed E-state index contributed by atoms with van der Waals surface area (Å²) < 4.78 is 5.73. The van der Waals surface area contributed by atoms with Gasteiger partial charge in [-0.3, -0.25) is 4.79 Å². The van der Waals surface area contributed by atoms with Crippen molar-refractivity contribution in [2.75, 3.05) is 13.2 Å². The highest BCUT2D eigenvalue weighted by atomic mass is 32.1. The molecule has 0 bridgehead atoms. The molecule has 1 aliphatic carbocycles. The van der Waals surface area contributed by atoms with Gasteiger partial charge in [0.25, 0.3) is 5.91 Å². The zero-order chi connectivity index (χ0) is 16.8. The molecule has 0 unspecified atom stereocenters. The van der Waals surface area contributed by atoms with Crippen molar-refractivity contribution in [3.63, 3.8) is 0 Å². The van der Waals surface area contributed by atoms with Crippen molar-refractivity contribution < 1.29 is 14.6 Å². The number of ether oxygens (including phenoxy) is 1. The summed E-state index contributed by atoms with van der Waals surface area (Å²) in [5, 5.41) is 13.7. The molecule has 130 valence electrons. The van der Waals surface area contributed by atoms with Crippen LogP contribution in [0.5, 0.6) is 0 Å². The standard InChI is InChI=1S/C17H28N2O3S/c1-11(2)17-19-12(3)15(23-17)16(21)18-9-13(20)10-22-14-7-5-4-6-8-14/h11,13-14,20H,4-10H2,1-3H3,(H,18,21)/t13-/m1/s1. The minimum absolute atomic E-state index is 0.163. The molecular weight excluding hydrogens is 312 g/mol. The van der Waals surface area contributed by atoms with Crippen LogP contribution in [0.4, 0.5) is 0 Å². The van der Waals surface area contributed by atoms with Gasteiger partial charge in [0.1, 0.15) is 4.88 Å². The first-order chi connectivity index (χ1) is 11.0. The monoisotopic (exact) mass is 340 g/mol. The molecule has 1 saturated carbocycles. The van der Waals surface area contributed by atoms with Gasteiger partial charge in [0, 0.05) is 12.5 Å². The SMILES string of the molecule is Cc1nc(C(C)C)sc1C(=O)NC[C@@H](O)COC1CCCCC1. The van der Waals surface area contributed by atoms with Gasteiger partial charge >= 0.3 is 0 Å². The number of hydrogen-bond acceptors (Lipinski definition) is 5. The molecule has 1 aliphatic rings. The van der Waals surface area contributed by atoms with E-state index in [1.54, 1.807) is 0 Å². The Bertz CT molecular complexity index is 510. The molecule has 0 spiro atoms. The van der Waals surface area contributed by atoms with E-state index in [0.29, 0.717) is 10.8 Å². The van der Waals surface area contributed by atoms with Crippen LogP contribution in [0, 0.1) is 6.92 Å². The number of aromatic nitrogens is 1. The molecule has 1 fully saturated rings. The first kappa shape index (κ1) is 18.4. The molecule has 6 heteroatoms. The topological polar surface area (TPSA) is 71.5 Å². The largest absolute Gasteiger partial charge is 0.389 e. The predicted molar refractivity (Wildman–Crippen MR) is 92.1 cm³/mol. The van der Waals surface area contributed by atoms with Gasteiger partial charge in [-0.1, -0.05) is 33.1 Å². The van der Waals surface area contributed by atoms with Gasteiger partial charge < -0.3 is 15.2 Å². The molecule has 0 saturated heterocycles. The molecule has 1 atom stereocenters. The Morgan fingerprint density at radius 3 is 2.70 bits per heavy atom. The maximum absolute atomic E-state index is 12.2. The van der Waals surface area contributed by atoms with Crippen LogP contribution < -0.4 is 5.32 Å². The Labute approximate surface area is 142 Å². The summed E-state index contributed by atoms with van der Waals surface area (Å²) in [4.78, 5) is 17.3. The Morgan fingerprint density at radius 1 is 1.39 bits per heavy atom. The van der Waals surface area contributed by atoms with Gasteiger partial charge in [-0.05, 0) is 19.8 Å². The number of nitrogens with zero attached hydrogens (tertiary/aromatic N) is 1. The Hall–Kier alpha value is -0.980. The highest BCUT2D eigenvalue weighted by Gasteiger charge is 2.19. The van der Waals surface area contributed by atoms with Crippen molar-refractivity contribution in [2.45, 2.75) is 71.0 Å². The lowest BCUT2D eigenvalue weighted by molar-refractivity contribution is -0.0225. The number of hydrogen-bond donors (Lipinski definition) is 2. The number of carbonyl (C=O) groups excluding carboxylic acids is 1. The zero-order valence-electron chi connectivity index (χ0n) is 14.3. The van der Waals surface area contributed by atoms with E-state index in [9.17, 15) is 9.90 Å². The minimum atomic E-state index is -0.668. The van der Waals surface area contributed by atoms with Crippen LogP contribution in [0.15, 0.2) is 0 Å². The Balaban J connectivity index is 1.74. The number of nitrogens with one attached hydrogen (secondary N) is 1. The van der Waals surface area contributed by atoms with Gasteiger partial charge in [-0.15, -0.1) is 11.3 Å². The lowest BCUT2D eigenvalue weighted by Crippen LogP contribution is -2.35. The molecule has 1 amide bonds. The number of rotatable bonds is 7. The fraction of sp³-hybridized carbons (Fsp3) is 0.765. The number of carbonyl (C=O) groups is 1. The average Bonchev–Trinajstić information content (AvgIpc) is 2.94. The maximum Gasteiger partial charge on any atom is 0.263 e. The van der Waals surface area contributed by atoms with Crippen LogP contribution in [0.3, 0.4) is 0 Å². The minimum Gasteiger partial charge on any atom is -0.389 e. The molecule has 2 rings (SSSR count). The van der Waals surface area contributed by atoms with E-state index in [4.69, 9.17) is 4.74 Å². The van der Waals surface area contributed by atoms with Crippen LogP contribution in [0.1, 0.15) is 72.2 Å². The van der Waals surface area contributed by atoms with Crippen molar-refractivity contribution in [3.8, 4) is 0 Å². The number of amides is 1. The Kier molecular flexibility index (Phi) is 6.99. The molecule has 1 aromatic rings. The van der Waals surface area contributed by atoms with E-state index < -0.39 is 6.10 Å². The quantitative estimate of drug-likeness (QED) is 0.800. The summed E-state index contributed by atoms with van der Waals surface area (Å²) in [7, 11) is 0. The molecule has 5 nitrogen and oxygen atoms in total. The van der Waals surface area contributed by atoms with Gasteiger partial charge in [0.2, 0.25) is 0 Å². The fourth-order valence-corrected chi connectivity index (χ4v) is 3.69. The molecule has 2 N–H and O–H groups in total. The predicted octanol–water partition coefficient (Wildman–Crippen LogP) is 3.01. The summed E-state index contributed by atoms with van der Waals surface area (Å²) in [5.41, 5.74) is 0.754. The lowest BCUT2D eigenvalue weighted by atomic mass is 9.98. The van der Waals surface area contributed by atoms with E-state index in [2.05, 4.69) is 24.1 Å². The van der Waals surface area contributed by atoms with Gasteiger partial charge in [-0.2, -0.15) is 0 Å². The number of thiazole rings is 1. The molecule has 1 heterocycles. The second kappa shape index (κ2) is 8.76. The fourth-order valence-electron chi connectivity index (χ4n) is 2.70. The zero-order valence-corrected chi connectivity index (χ0v) is 15.1. The Morgan fingerprint density at radius 2 is 2.09 bits per heavy atom. The molecular formula is C17H28N2O3S. The molecule has 0 radical (unpaired) electrons. The van der Waals surface area contributed by atoms with Crippen molar-refractivity contribution in [1.29, 1.82) is 0 Å².